The monoisotopic (exact) mass is 793 g/mol. The zero-order valence-corrected chi connectivity index (χ0v) is 31.6. The second-order valence-electron chi connectivity index (χ2n) is 11.2. The van der Waals surface area contributed by atoms with Crippen LogP contribution in [-0.2, 0) is 24.0 Å². The average molecular weight is 793 g/mol. The van der Waals surface area contributed by atoms with Gasteiger partial charge in [-0.3, -0.25) is 0 Å². The Morgan fingerprint density at radius 3 is 0.827 bits per heavy atom. The van der Waals surface area contributed by atoms with Gasteiger partial charge < -0.3 is 40.2 Å². The molecular formula is C34H28N3O10P5. The van der Waals surface area contributed by atoms with Gasteiger partial charge >= 0.3 is 29.8 Å². The topological polar surface area (TPSA) is 196 Å². The molecular weight excluding hydrogens is 765 g/mol. The number of carbonyl (C=O) groups is 5. The minimum atomic E-state index is -1.14. The molecule has 0 atom stereocenters. The predicted octanol–water partition coefficient (Wildman–Crippen LogP) is 4.96. The van der Waals surface area contributed by atoms with Crippen molar-refractivity contribution in [3.05, 3.63) is 118 Å². The van der Waals surface area contributed by atoms with E-state index in [0.29, 0.717) is 69.5 Å². The fourth-order valence-corrected chi connectivity index (χ4v) is 10.3. The lowest BCUT2D eigenvalue weighted by molar-refractivity contribution is -0.130. The van der Waals surface area contributed by atoms with E-state index in [9.17, 15) is 49.5 Å². The molecule has 0 radical (unpaired) electrons. The number of rotatable bonds is 16. The first kappa shape index (κ1) is 38.2. The van der Waals surface area contributed by atoms with Gasteiger partial charge in [0.15, 0.2) is 0 Å². The van der Waals surface area contributed by atoms with Crippen LogP contribution in [0.2, 0.25) is 0 Å². The molecule has 0 aromatic rings. The lowest BCUT2D eigenvalue weighted by Crippen LogP contribution is -2.40. The highest BCUT2D eigenvalue weighted by Gasteiger charge is 2.34. The maximum Gasteiger partial charge on any atom is 0.341 e. The van der Waals surface area contributed by atoms with E-state index in [2.05, 4.69) is 32.9 Å². The normalized spacial score (nSPS) is 19.3. The minimum absolute atomic E-state index is 0.0619. The summed E-state index contributed by atoms with van der Waals surface area (Å²) in [5.74, 6) is 2.68. The van der Waals surface area contributed by atoms with Crippen LogP contribution in [0.25, 0.3) is 0 Å². The standard InChI is InChI=1S/C34H28N3O10P5/c1-15-20(10-48-25(15)30(38)39)35(6-8-36(21-11-49-26(16(21)2)31(40)41)22-12-50-27(17(22)3)32(42)43)7-9-37(23-13-51-28(18(23)4)33(44)45)24-14-52-29(19(24)5)34(46)47/h10-14H,1-9H2,(H,38,39)(H,40,41)(H,42,43)(H,44,45)(H,46,47). The van der Waals surface area contributed by atoms with Gasteiger partial charge in [-0.05, 0) is 29.1 Å². The van der Waals surface area contributed by atoms with Crippen molar-refractivity contribution in [1.29, 1.82) is 0 Å². The molecule has 0 amide bonds. The highest BCUT2D eigenvalue weighted by atomic mass is 31.1. The lowest BCUT2D eigenvalue weighted by atomic mass is 10.1. The largest absolute Gasteiger partial charge is 0.477 e. The Balaban J connectivity index is 1.48. The number of carboxylic acid groups (broad SMARTS) is 5. The molecule has 5 aliphatic heterocycles. The molecule has 0 aliphatic carbocycles. The Kier molecular flexibility index (Phi) is 11.3. The van der Waals surface area contributed by atoms with Crippen LogP contribution in [0, 0.1) is 0 Å². The molecule has 52 heavy (non-hydrogen) atoms. The minimum Gasteiger partial charge on any atom is -0.477 e. The third-order valence-corrected chi connectivity index (χ3v) is 13.7. The van der Waals surface area contributed by atoms with Gasteiger partial charge in [-0.15, -0.1) is 0 Å². The van der Waals surface area contributed by atoms with Crippen LogP contribution < -0.4 is 0 Å². The van der Waals surface area contributed by atoms with Gasteiger partial charge in [-0.2, -0.15) is 0 Å². The molecule has 5 N–H and O–H groups in total. The Morgan fingerprint density at radius 2 is 0.615 bits per heavy atom. The van der Waals surface area contributed by atoms with Crippen LogP contribution in [-0.4, -0.2) is 123 Å². The van der Waals surface area contributed by atoms with E-state index < -0.39 is 29.8 Å². The van der Waals surface area contributed by atoms with Gasteiger partial charge in [0.25, 0.3) is 0 Å². The van der Waals surface area contributed by atoms with E-state index in [4.69, 9.17) is 0 Å². The summed E-state index contributed by atoms with van der Waals surface area (Å²) in [6.45, 7) is 20.7. The van der Waals surface area contributed by atoms with E-state index in [0.717, 1.165) is 0 Å². The van der Waals surface area contributed by atoms with Crippen molar-refractivity contribution in [2.24, 2.45) is 0 Å². The highest BCUT2D eigenvalue weighted by Crippen LogP contribution is 2.40. The molecule has 0 unspecified atom stereocenters. The van der Waals surface area contributed by atoms with Crippen LogP contribution in [0.1, 0.15) is 0 Å². The summed E-state index contributed by atoms with van der Waals surface area (Å²) >= 11 is 0. The molecule has 5 heterocycles. The van der Waals surface area contributed by atoms with Crippen molar-refractivity contribution < 1.29 is 49.5 Å². The molecule has 0 aromatic heterocycles. The Hall–Kier alpha value is -5.00. The van der Waals surface area contributed by atoms with Gasteiger partial charge in [0, 0.05) is 59.7 Å². The molecule has 5 rings (SSSR count). The molecule has 0 saturated heterocycles. The van der Waals surface area contributed by atoms with Gasteiger partial charge in [-0.25, -0.2) is 24.0 Å². The molecule has 0 saturated carbocycles. The number of hydrogen-bond acceptors (Lipinski definition) is 8. The lowest BCUT2D eigenvalue weighted by Gasteiger charge is -2.36. The van der Waals surface area contributed by atoms with Gasteiger partial charge in [0.05, 0.1) is 49.3 Å². The summed E-state index contributed by atoms with van der Waals surface area (Å²) < 4.78 is 0. The van der Waals surface area contributed by atoms with Gasteiger partial charge in [-0.1, -0.05) is 73.9 Å². The second-order valence-corrected chi connectivity index (χ2v) is 16.0. The van der Waals surface area contributed by atoms with Crippen molar-refractivity contribution in [2.75, 3.05) is 26.2 Å². The van der Waals surface area contributed by atoms with Crippen molar-refractivity contribution in [1.82, 2.24) is 14.7 Å². The summed E-state index contributed by atoms with van der Waals surface area (Å²) in [6, 6.07) is 0. The van der Waals surface area contributed by atoms with Crippen molar-refractivity contribution in [3.63, 3.8) is 0 Å². The van der Waals surface area contributed by atoms with Crippen molar-refractivity contribution >= 4 is 97.3 Å². The zero-order chi connectivity index (χ0) is 38.2. The molecule has 264 valence electrons. The van der Waals surface area contributed by atoms with Crippen LogP contribution >= 0.6 is 41.0 Å². The Labute approximate surface area is 305 Å². The Morgan fingerprint density at radius 1 is 0.404 bits per heavy atom. The first-order valence-corrected chi connectivity index (χ1v) is 19.7. The molecule has 0 aromatic carbocycles. The number of carboxylic acids is 5. The number of hydrogen-bond donors (Lipinski definition) is 5. The van der Waals surface area contributed by atoms with E-state index >= 15 is 0 Å². The number of aliphatic carboxylic acids is 5. The Bertz CT molecular complexity index is 1950. The average Bonchev–Trinajstić information content (AvgIpc) is 3.89. The molecule has 0 bridgehead atoms. The summed E-state index contributed by atoms with van der Waals surface area (Å²) in [4.78, 5) is 65.2. The summed E-state index contributed by atoms with van der Waals surface area (Å²) in [7, 11) is 1.97. The molecule has 0 spiro atoms. The SMILES string of the molecule is C=C1C(N(CCN(C2=CP=C(C(=O)O)C2=C)C2=CP=C(C(=O)O)C2=C)CCN(C2=CP=C(C(=O)O)C2=C)C2=CP=C(C(=O)O)C2=C)=CP=C1C(=O)O. The maximum atomic E-state index is 12.0. The van der Waals surface area contributed by atoms with Crippen LogP contribution in [0.3, 0.4) is 0 Å². The summed E-state index contributed by atoms with van der Waals surface area (Å²) in [6.07, 6.45) is 0. The second kappa shape index (κ2) is 15.3. The van der Waals surface area contributed by atoms with Crippen LogP contribution in [0.15, 0.2) is 118 Å². The van der Waals surface area contributed by atoms with E-state index in [1.165, 1.54) is 0 Å². The fraction of sp³-hybridized carbons (Fsp3) is 0.118. The zero-order valence-electron chi connectivity index (χ0n) is 27.1. The summed E-state index contributed by atoms with van der Waals surface area (Å²) in [5, 5.41) is 49.2. The first-order valence-electron chi connectivity index (χ1n) is 14.9. The van der Waals surface area contributed by atoms with Gasteiger partial charge in [0.2, 0.25) is 0 Å². The third-order valence-electron chi connectivity index (χ3n) is 8.26. The fourth-order valence-electron chi connectivity index (χ4n) is 5.67. The highest BCUT2D eigenvalue weighted by molar-refractivity contribution is 7.50. The molecule has 0 fully saturated rings. The van der Waals surface area contributed by atoms with Crippen molar-refractivity contribution in [2.45, 2.75) is 0 Å². The van der Waals surface area contributed by atoms with Crippen molar-refractivity contribution in [3.8, 4) is 0 Å². The molecule has 18 heteroatoms. The smallest absolute Gasteiger partial charge is 0.341 e. The van der Waals surface area contributed by atoms with E-state index in [1.807, 2.05) is 4.90 Å². The maximum absolute atomic E-state index is 12.0. The van der Waals surface area contributed by atoms with Crippen LogP contribution in [0.5, 0.6) is 0 Å². The predicted molar refractivity (Wildman–Crippen MR) is 209 cm³/mol. The molecule has 13 nitrogen and oxygen atoms in total. The van der Waals surface area contributed by atoms with Gasteiger partial charge in [0.1, 0.15) is 0 Å². The van der Waals surface area contributed by atoms with E-state index in [-0.39, 0.29) is 80.5 Å². The quantitative estimate of drug-likeness (QED) is 0.132. The first-order chi connectivity index (χ1) is 24.5. The number of nitrogens with zero attached hydrogens (tertiary/aromatic N) is 3. The third kappa shape index (κ3) is 7.20. The van der Waals surface area contributed by atoms with Crippen LogP contribution in [0.4, 0.5) is 0 Å². The number of allylic oxidation sites excluding steroid dienone is 5. The molecule has 5 aliphatic rings. The summed E-state index contributed by atoms with van der Waals surface area (Å²) in [5.41, 5.74) is 3.60. The van der Waals surface area contributed by atoms with E-state index in [1.54, 1.807) is 38.9 Å².